The van der Waals surface area contributed by atoms with E-state index in [1.54, 1.807) is 11.0 Å². The lowest BCUT2D eigenvalue weighted by Crippen LogP contribution is -2.39. The van der Waals surface area contributed by atoms with E-state index in [0.717, 1.165) is 29.5 Å². The van der Waals surface area contributed by atoms with Gasteiger partial charge in [0.15, 0.2) is 5.82 Å². The van der Waals surface area contributed by atoms with Crippen LogP contribution in [0.3, 0.4) is 0 Å². The summed E-state index contributed by atoms with van der Waals surface area (Å²) >= 11 is 0. The first kappa shape index (κ1) is 15.6. The molecule has 3 heterocycles. The Balaban J connectivity index is 1.53. The van der Waals surface area contributed by atoms with Crippen LogP contribution in [0.25, 0.3) is 11.3 Å². The molecule has 0 atom stereocenters. The minimum atomic E-state index is -0.0602. The molecule has 1 aromatic carbocycles. The minimum Gasteiger partial charge on any atom is -0.328 e. The topological polar surface area (TPSA) is 79.7 Å². The summed E-state index contributed by atoms with van der Waals surface area (Å²) in [7, 11) is 0. The number of H-pyrrole nitrogens is 1. The fourth-order valence-corrected chi connectivity index (χ4v) is 3.14. The molecule has 0 radical (unpaired) electrons. The lowest BCUT2D eigenvalue weighted by atomic mass is 10.1. The summed E-state index contributed by atoms with van der Waals surface area (Å²) < 4.78 is 2.12. The van der Waals surface area contributed by atoms with Crippen LogP contribution in [0.5, 0.6) is 0 Å². The molecule has 0 bridgehead atoms. The highest BCUT2D eigenvalue weighted by Crippen LogP contribution is 2.21. The van der Waals surface area contributed by atoms with Gasteiger partial charge in [0.2, 0.25) is 0 Å². The highest BCUT2D eigenvalue weighted by Gasteiger charge is 2.27. The summed E-state index contributed by atoms with van der Waals surface area (Å²) in [4.78, 5) is 14.6. The first-order chi connectivity index (χ1) is 12.1. The number of carbonyl (C=O) groups excluding carboxylic acids is 1. The summed E-state index contributed by atoms with van der Waals surface area (Å²) in [6.07, 6.45) is 0. The van der Waals surface area contributed by atoms with Crippen molar-refractivity contribution in [2.75, 3.05) is 6.54 Å². The van der Waals surface area contributed by atoms with E-state index < -0.39 is 0 Å². The molecular weight excluding hydrogens is 316 g/mol. The number of nitrogens with one attached hydrogen (secondary N) is 1. The van der Waals surface area contributed by atoms with Crippen molar-refractivity contribution in [1.29, 1.82) is 0 Å². The number of rotatable bonds is 3. The molecule has 0 unspecified atom stereocenters. The second-order valence-electron chi connectivity index (χ2n) is 6.54. The van der Waals surface area contributed by atoms with Crippen LogP contribution in [-0.2, 0) is 13.1 Å². The maximum atomic E-state index is 12.8. The van der Waals surface area contributed by atoms with Crippen molar-refractivity contribution in [3.63, 3.8) is 0 Å². The zero-order valence-electron chi connectivity index (χ0n) is 14.3. The normalized spacial score (nSPS) is 14.0. The van der Waals surface area contributed by atoms with Crippen LogP contribution in [0.2, 0.25) is 0 Å². The molecule has 7 heteroatoms. The zero-order chi connectivity index (χ0) is 17.4. The Hall–Kier alpha value is -2.96. The van der Waals surface area contributed by atoms with Crippen molar-refractivity contribution in [1.82, 2.24) is 29.9 Å². The first-order valence-electron chi connectivity index (χ1n) is 8.45. The van der Waals surface area contributed by atoms with Crippen LogP contribution in [0.1, 0.15) is 41.9 Å². The quantitative estimate of drug-likeness (QED) is 0.797. The van der Waals surface area contributed by atoms with E-state index in [9.17, 15) is 4.79 Å². The third kappa shape index (κ3) is 2.82. The smallest absolute Gasteiger partial charge is 0.272 e. The number of nitrogens with zero attached hydrogens (tertiary/aromatic N) is 5. The molecule has 1 amide bonds. The van der Waals surface area contributed by atoms with E-state index in [-0.39, 0.29) is 5.91 Å². The van der Waals surface area contributed by atoms with Gasteiger partial charge in [-0.1, -0.05) is 44.2 Å². The lowest BCUT2D eigenvalue weighted by molar-refractivity contribution is 0.0700. The molecule has 2 aromatic heterocycles. The average molecular weight is 336 g/mol. The van der Waals surface area contributed by atoms with Gasteiger partial charge in [-0.3, -0.25) is 9.89 Å². The molecule has 1 N–H and O–H groups in total. The maximum Gasteiger partial charge on any atom is 0.272 e. The van der Waals surface area contributed by atoms with Gasteiger partial charge in [-0.2, -0.15) is 5.10 Å². The van der Waals surface area contributed by atoms with Gasteiger partial charge in [0.25, 0.3) is 5.91 Å². The zero-order valence-corrected chi connectivity index (χ0v) is 14.3. The summed E-state index contributed by atoms with van der Waals surface area (Å²) in [5.74, 6) is 2.08. The standard InChI is InChI=1S/C18H20N6O/c1-12(2)17-22-21-16-11-23(8-9-24(16)17)18(25)15-10-14(19-20-15)13-6-4-3-5-7-13/h3-7,10,12H,8-9,11H2,1-2H3,(H,19,20). The molecule has 0 aliphatic carbocycles. The molecule has 128 valence electrons. The molecule has 3 aromatic rings. The average Bonchev–Trinajstić information content (AvgIpc) is 3.28. The van der Waals surface area contributed by atoms with Crippen LogP contribution >= 0.6 is 0 Å². The summed E-state index contributed by atoms with van der Waals surface area (Å²) in [6, 6.07) is 11.6. The molecule has 25 heavy (non-hydrogen) atoms. The largest absolute Gasteiger partial charge is 0.328 e. The highest BCUT2D eigenvalue weighted by molar-refractivity contribution is 5.93. The van der Waals surface area contributed by atoms with Crippen molar-refractivity contribution in [3.8, 4) is 11.3 Å². The number of hydrogen-bond acceptors (Lipinski definition) is 4. The molecule has 1 aliphatic heterocycles. The molecule has 0 saturated heterocycles. The Kier molecular flexibility index (Phi) is 3.83. The molecule has 0 saturated carbocycles. The van der Waals surface area contributed by atoms with Crippen LogP contribution in [0.15, 0.2) is 36.4 Å². The maximum absolute atomic E-state index is 12.8. The summed E-state index contributed by atoms with van der Waals surface area (Å²) in [5.41, 5.74) is 2.25. The molecule has 7 nitrogen and oxygen atoms in total. The molecule has 1 aliphatic rings. The van der Waals surface area contributed by atoms with Gasteiger partial charge >= 0.3 is 0 Å². The van der Waals surface area contributed by atoms with Crippen LogP contribution in [0, 0.1) is 0 Å². The monoisotopic (exact) mass is 336 g/mol. The van der Waals surface area contributed by atoms with E-state index >= 15 is 0 Å². The fraction of sp³-hybridized carbons (Fsp3) is 0.333. The van der Waals surface area contributed by atoms with Crippen LogP contribution < -0.4 is 0 Å². The predicted molar refractivity (Wildman–Crippen MR) is 92.9 cm³/mol. The van der Waals surface area contributed by atoms with Crippen molar-refractivity contribution in [3.05, 3.63) is 53.7 Å². The minimum absolute atomic E-state index is 0.0602. The molecule has 0 fully saturated rings. The van der Waals surface area contributed by atoms with Crippen molar-refractivity contribution in [2.45, 2.75) is 32.9 Å². The van der Waals surface area contributed by atoms with E-state index in [1.807, 2.05) is 30.3 Å². The Morgan fingerprint density at radius 1 is 1.16 bits per heavy atom. The molecule has 0 spiro atoms. The number of fused-ring (bicyclic) bond motifs is 1. The Labute approximate surface area is 145 Å². The summed E-state index contributed by atoms with van der Waals surface area (Å²) in [6.45, 7) is 6.04. The lowest BCUT2D eigenvalue weighted by Gasteiger charge is -2.27. The molecule has 4 rings (SSSR count). The highest BCUT2D eigenvalue weighted by atomic mass is 16.2. The van der Waals surface area contributed by atoms with Crippen LogP contribution in [0.4, 0.5) is 0 Å². The second-order valence-corrected chi connectivity index (χ2v) is 6.54. The third-order valence-electron chi connectivity index (χ3n) is 4.46. The number of aromatic amines is 1. The number of amides is 1. The van der Waals surface area contributed by atoms with Gasteiger partial charge in [-0.05, 0) is 6.07 Å². The van der Waals surface area contributed by atoms with Crippen molar-refractivity contribution in [2.24, 2.45) is 0 Å². The number of hydrogen-bond donors (Lipinski definition) is 1. The van der Waals surface area contributed by atoms with E-state index in [1.165, 1.54) is 0 Å². The Bertz CT molecular complexity index is 895. The van der Waals surface area contributed by atoms with Gasteiger partial charge < -0.3 is 9.47 Å². The predicted octanol–water partition coefficient (Wildman–Crippen LogP) is 2.45. The molecular formula is C18H20N6O. The van der Waals surface area contributed by atoms with Gasteiger partial charge in [0, 0.05) is 24.6 Å². The fourth-order valence-electron chi connectivity index (χ4n) is 3.14. The van der Waals surface area contributed by atoms with Gasteiger partial charge in [0.05, 0.1) is 12.2 Å². The van der Waals surface area contributed by atoms with Crippen molar-refractivity contribution < 1.29 is 4.79 Å². The number of carbonyl (C=O) groups is 1. The van der Waals surface area contributed by atoms with E-state index in [4.69, 9.17) is 0 Å². The van der Waals surface area contributed by atoms with Gasteiger partial charge in [-0.25, -0.2) is 0 Å². The Morgan fingerprint density at radius 3 is 2.72 bits per heavy atom. The number of aromatic nitrogens is 5. The van der Waals surface area contributed by atoms with E-state index in [0.29, 0.717) is 24.7 Å². The third-order valence-corrected chi connectivity index (χ3v) is 4.46. The Morgan fingerprint density at radius 2 is 1.96 bits per heavy atom. The first-order valence-corrected chi connectivity index (χ1v) is 8.45. The van der Waals surface area contributed by atoms with Crippen LogP contribution in [-0.4, -0.2) is 42.3 Å². The SMILES string of the molecule is CC(C)c1nnc2n1CCN(C(=O)c1cc(-c3ccccc3)n[nH]1)C2. The number of benzene rings is 1. The van der Waals surface area contributed by atoms with Crippen molar-refractivity contribution >= 4 is 5.91 Å². The second kappa shape index (κ2) is 6.16. The summed E-state index contributed by atoms with van der Waals surface area (Å²) in [5, 5.41) is 15.6. The van der Waals surface area contributed by atoms with Gasteiger partial charge in [-0.15, -0.1) is 10.2 Å². The van der Waals surface area contributed by atoms with Gasteiger partial charge in [0.1, 0.15) is 11.5 Å². The van der Waals surface area contributed by atoms with E-state index in [2.05, 4.69) is 38.8 Å².